The number of nitrogens with zero attached hydrogens (tertiary/aromatic N) is 3. The Hall–Kier alpha value is -4.15. The first-order valence-corrected chi connectivity index (χ1v) is 11.3. The van der Waals surface area contributed by atoms with E-state index in [1.54, 1.807) is 55.0 Å². The van der Waals surface area contributed by atoms with Crippen LogP contribution < -0.4 is 10.6 Å². The molecule has 1 aliphatic rings. The Labute approximate surface area is 200 Å². The highest BCUT2D eigenvalue weighted by atomic mass is 16.5. The summed E-state index contributed by atoms with van der Waals surface area (Å²) in [7, 11) is 0. The summed E-state index contributed by atoms with van der Waals surface area (Å²) in [6.45, 7) is 0.442. The van der Waals surface area contributed by atoms with Crippen molar-refractivity contribution in [1.82, 2.24) is 19.9 Å². The first-order chi connectivity index (χ1) is 17.1. The minimum absolute atomic E-state index is 0.00481. The van der Waals surface area contributed by atoms with Crippen LogP contribution in [-0.4, -0.2) is 62.1 Å². The maximum absolute atomic E-state index is 13.4. The van der Waals surface area contributed by atoms with Gasteiger partial charge in [0.2, 0.25) is 0 Å². The molecule has 3 aromatic heterocycles. The number of benzene rings is 1. The molecule has 1 aliphatic heterocycles. The van der Waals surface area contributed by atoms with E-state index in [2.05, 4.69) is 30.6 Å². The molecule has 35 heavy (non-hydrogen) atoms. The fraction of sp³-hybridized carbons (Fsp3) is 0.240. The van der Waals surface area contributed by atoms with Crippen molar-refractivity contribution in [3.63, 3.8) is 0 Å². The average Bonchev–Trinajstić information content (AvgIpc) is 3.35. The number of anilines is 2. The molecular weight excluding hydrogens is 448 g/mol. The van der Waals surface area contributed by atoms with E-state index in [4.69, 9.17) is 4.74 Å². The van der Waals surface area contributed by atoms with Crippen molar-refractivity contribution in [3.8, 4) is 0 Å². The lowest BCUT2D eigenvalue weighted by atomic mass is 10.0. The third-order valence-electron chi connectivity index (χ3n) is 5.96. The summed E-state index contributed by atoms with van der Waals surface area (Å²) in [5.74, 6) is 0.0405. The predicted molar refractivity (Wildman–Crippen MR) is 129 cm³/mol. The van der Waals surface area contributed by atoms with Crippen LogP contribution in [0.4, 0.5) is 11.5 Å². The van der Waals surface area contributed by atoms with Crippen LogP contribution in [0.25, 0.3) is 11.0 Å². The second-order valence-electron chi connectivity index (χ2n) is 8.31. The molecule has 0 saturated carbocycles. The molecule has 1 saturated heterocycles. The number of ketones is 1. The Bertz CT molecular complexity index is 1330. The van der Waals surface area contributed by atoms with E-state index in [1.165, 1.54) is 6.33 Å². The summed E-state index contributed by atoms with van der Waals surface area (Å²) in [5.41, 5.74) is 2.43. The van der Waals surface area contributed by atoms with E-state index in [0.29, 0.717) is 45.8 Å². The number of carbonyl (C=O) groups is 2. The standard InChI is InChI=1S/C25H24N6O4/c32-12-19-8-7-18(13-35-19)30-24-21-20(11-27-23(21)28-14-29-24)22(33)15-3-5-16(6-4-15)25(34)31-17-2-1-9-26-10-17/h1-6,9-11,14,18-19,32H,7-8,12-13H2,(H,31,34)(H2,27,28,29,30)/t18-,19-/m1/s1. The number of aliphatic hydroxyl groups is 1. The van der Waals surface area contributed by atoms with Gasteiger partial charge in [0, 0.05) is 23.5 Å². The number of H-pyrrole nitrogens is 1. The fourth-order valence-corrected chi connectivity index (χ4v) is 4.08. The van der Waals surface area contributed by atoms with Crippen LogP contribution in [0.3, 0.4) is 0 Å². The molecule has 1 aromatic carbocycles. The van der Waals surface area contributed by atoms with Crippen LogP contribution in [0.1, 0.15) is 39.1 Å². The van der Waals surface area contributed by atoms with Crippen LogP contribution in [-0.2, 0) is 4.74 Å². The molecule has 4 aromatic rings. The number of pyridine rings is 1. The van der Waals surface area contributed by atoms with Gasteiger partial charge in [-0.05, 0) is 37.1 Å². The number of aromatic nitrogens is 4. The smallest absolute Gasteiger partial charge is 0.255 e. The van der Waals surface area contributed by atoms with Crippen molar-refractivity contribution in [3.05, 3.63) is 78.0 Å². The third kappa shape index (κ3) is 4.88. The van der Waals surface area contributed by atoms with Gasteiger partial charge in [0.15, 0.2) is 5.78 Å². The minimum atomic E-state index is -0.290. The molecule has 0 bridgehead atoms. The Morgan fingerprint density at radius 2 is 1.94 bits per heavy atom. The highest BCUT2D eigenvalue weighted by molar-refractivity contribution is 6.18. The zero-order chi connectivity index (χ0) is 24.2. The highest BCUT2D eigenvalue weighted by Crippen LogP contribution is 2.27. The zero-order valence-corrected chi connectivity index (χ0v) is 18.8. The second kappa shape index (κ2) is 10.00. The van der Waals surface area contributed by atoms with Crippen molar-refractivity contribution < 1.29 is 19.4 Å². The minimum Gasteiger partial charge on any atom is -0.394 e. The number of carbonyl (C=O) groups excluding carboxylic acids is 2. The summed E-state index contributed by atoms with van der Waals surface area (Å²) in [6, 6.07) is 9.96. The lowest BCUT2D eigenvalue weighted by Crippen LogP contribution is -2.36. The Kier molecular flexibility index (Phi) is 6.47. The second-order valence-corrected chi connectivity index (χ2v) is 8.31. The summed E-state index contributed by atoms with van der Waals surface area (Å²) in [6.07, 6.45) is 7.65. The highest BCUT2D eigenvalue weighted by Gasteiger charge is 2.24. The van der Waals surface area contributed by atoms with Crippen LogP contribution in [0.15, 0.2) is 61.3 Å². The van der Waals surface area contributed by atoms with Gasteiger partial charge in [-0.2, -0.15) is 0 Å². The molecule has 1 fully saturated rings. The molecule has 0 radical (unpaired) electrons. The number of amides is 1. The number of hydrogen-bond acceptors (Lipinski definition) is 8. The molecule has 1 amide bonds. The van der Waals surface area contributed by atoms with Gasteiger partial charge in [-0.3, -0.25) is 14.6 Å². The first-order valence-electron chi connectivity index (χ1n) is 11.3. The molecule has 10 nitrogen and oxygen atoms in total. The molecule has 0 unspecified atom stereocenters. The molecule has 5 rings (SSSR count). The van der Waals surface area contributed by atoms with Crippen LogP contribution in [0.5, 0.6) is 0 Å². The van der Waals surface area contributed by atoms with Gasteiger partial charge in [0.25, 0.3) is 5.91 Å². The van der Waals surface area contributed by atoms with Crippen molar-refractivity contribution in [2.45, 2.75) is 25.0 Å². The quantitative estimate of drug-likeness (QED) is 0.301. The summed E-state index contributed by atoms with van der Waals surface area (Å²) < 4.78 is 5.65. The van der Waals surface area contributed by atoms with Gasteiger partial charge in [0.1, 0.15) is 17.8 Å². The Morgan fingerprint density at radius 1 is 1.11 bits per heavy atom. The SMILES string of the molecule is O=C(Nc1cccnc1)c1ccc(C(=O)c2c[nH]c3ncnc(N[C@@H]4CC[C@H](CO)OC4)c23)cc1. The first kappa shape index (κ1) is 22.6. The maximum atomic E-state index is 13.4. The number of ether oxygens (including phenoxy) is 1. The van der Waals surface area contributed by atoms with E-state index >= 15 is 0 Å². The van der Waals surface area contributed by atoms with E-state index in [0.717, 1.165) is 12.8 Å². The molecular formula is C25H24N6O4. The van der Waals surface area contributed by atoms with Gasteiger partial charge in [0.05, 0.1) is 48.2 Å². The lowest BCUT2D eigenvalue weighted by molar-refractivity contribution is -0.0224. The monoisotopic (exact) mass is 472 g/mol. The van der Waals surface area contributed by atoms with Gasteiger partial charge in [-0.25, -0.2) is 9.97 Å². The Balaban J connectivity index is 1.35. The lowest BCUT2D eigenvalue weighted by Gasteiger charge is -2.29. The number of nitrogens with one attached hydrogen (secondary N) is 3. The summed E-state index contributed by atoms with van der Waals surface area (Å²) in [4.78, 5) is 41.5. The van der Waals surface area contributed by atoms with Crippen LogP contribution in [0.2, 0.25) is 0 Å². The molecule has 10 heteroatoms. The van der Waals surface area contributed by atoms with Gasteiger partial charge in [-0.1, -0.05) is 12.1 Å². The normalized spacial score (nSPS) is 17.7. The van der Waals surface area contributed by atoms with Crippen LogP contribution >= 0.6 is 0 Å². The van der Waals surface area contributed by atoms with Gasteiger partial charge in [-0.15, -0.1) is 0 Å². The van der Waals surface area contributed by atoms with Crippen LogP contribution in [0, 0.1) is 0 Å². The predicted octanol–water partition coefficient (Wildman–Crippen LogP) is 2.79. The van der Waals surface area contributed by atoms with Crippen molar-refractivity contribution in [2.24, 2.45) is 0 Å². The molecule has 0 aliphatic carbocycles. The van der Waals surface area contributed by atoms with E-state index in [1.807, 2.05) is 0 Å². The third-order valence-corrected chi connectivity index (χ3v) is 5.96. The van der Waals surface area contributed by atoms with E-state index in [-0.39, 0.29) is 30.4 Å². The van der Waals surface area contributed by atoms with Gasteiger partial charge < -0.3 is 25.5 Å². The number of rotatable bonds is 7. The Morgan fingerprint density at radius 3 is 2.66 bits per heavy atom. The van der Waals surface area contributed by atoms with Crippen molar-refractivity contribution >= 4 is 34.2 Å². The molecule has 4 N–H and O–H groups in total. The topological polar surface area (TPSA) is 142 Å². The van der Waals surface area contributed by atoms with Gasteiger partial charge >= 0.3 is 0 Å². The number of fused-ring (bicyclic) bond motifs is 1. The van der Waals surface area contributed by atoms with Crippen molar-refractivity contribution in [1.29, 1.82) is 0 Å². The number of aliphatic hydroxyl groups excluding tert-OH is 1. The maximum Gasteiger partial charge on any atom is 0.255 e. The van der Waals surface area contributed by atoms with E-state index in [9.17, 15) is 14.7 Å². The average molecular weight is 473 g/mol. The summed E-state index contributed by atoms with van der Waals surface area (Å²) in [5, 5.41) is 16.0. The number of hydrogen-bond donors (Lipinski definition) is 4. The van der Waals surface area contributed by atoms with Crippen molar-refractivity contribution in [2.75, 3.05) is 23.8 Å². The molecule has 4 heterocycles. The zero-order valence-electron chi connectivity index (χ0n) is 18.8. The molecule has 178 valence electrons. The molecule has 2 atom stereocenters. The molecule has 0 spiro atoms. The largest absolute Gasteiger partial charge is 0.394 e. The summed E-state index contributed by atoms with van der Waals surface area (Å²) >= 11 is 0. The fourth-order valence-electron chi connectivity index (χ4n) is 4.08. The number of aromatic amines is 1. The van der Waals surface area contributed by atoms with E-state index < -0.39 is 0 Å².